The van der Waals surface area contributed by atoms with E-state index in [1.165, 1.54) is 11.0 Å². The lowest BCUT2D eigenvalue weighted by molar-refractivity contribution is 0.0654. The van der Waals surface area contributed by atoms with E-state index in [1.54, 1.807) is 4.90 Å². The van der Waals surface area contributed by atoms with Gasteiger partial charge in [-0.1, -0.05) is 25.1 Å². The largest absolute Gasteiger partial charge is 0.335 e. The van der Waals surface area contributed by atoms with E-state index in [2.05, 4.69) is 17.1 Å². The van der Waals surface area contributed by atoms with Crippen LogP contribution < -0.4 is 5.73 Å². The molecule has 2 N–H and O–H groups in total. The van der Waals surface area contributed by atoms with E-state index in [0.717, 1.165) is 18.7 Å². The van der Waals surface area contributed by atoms with Crippen molar-refractivity contribution in [2.75, 3.05) is 13.1 Å². The van der Waals surface area contributed by atoms with Crippen molar-refractivity contribution in [3.63, 3.8) is 0 Å². The zero-order valence-corrected chi connectivity index (χ0v) is 12.0. The summed E-state index contributed by atoms with van der Waals surface area (Å²) in [6.07, 6.45) is 2.47. The molecule has 0 aliphatic carbocycles. The van der Waals surface area contributed by atoms with E-state index in [0.29, 0.717) is 18.2 Å². The smallest absolute Gasteiger partial charge is 0.276 e. The molecule has 1 aliphatic rings. The second kappa shape index (κ2) is 5.65. The number of hydrogen-bond acceptors (Lipinski definition) is 4. The molecule has 1 saturated heterocycles. The molecule has 0 spiro atoms. The molecule has 2 heterocycles. The van der Waals surface area contributed by atoms with E-state index in [9.17, 15) is 4.79 Å². The van der Waals surface area contributed by atoms with Gasteiger partial charge in [0.1, 0.15) is 0 Å². The number of hydrogen-bond donors (Lipinski definition) is 1. The number of rotatable bonds is 2. The molecule has 6 nitrogen and oxygen atoms in total. The molecule has 3 rings (SSSR count). The van der Waals surface area contributed by atoms with Crippen LogP contribution >= 0.6 is 0 Å². The summed E-state index contributed by atoms with van der Waals surface area (Å²) in [5.74, 6) is 0.320. The molecule has 1 amide bonds. The van der Waals surface area contributed by atoms with Crippen LogP contribution in [0, 0.1) is 5.92 Å². The fourth-order valence-electron chi connectivity index (χ4n) is 2.77. The van der Waals surface area contributed by atoms with Crippen molar-refractivity contribution in [2.24, 2.45) is 11.7 Å². The summed E-state index contributed by atoms with van der Waals surface area (Å²) >= 11 is 0. The summed E-state index contributed by atoms with van der Waals surface area (Å²) < 4.78 is 0. The van der Waals surface area contributed by atoms with Gasteiger partial charge in [0.05, 0.1) is 11.9 Å². The molecule has 1 fully saturated rings. The predicted molar refractivity (Wildman–Crippen MR) is 79.0 cm³/mol. The average molecular weight is 285 g/mol. The van der Waals surface area contributed by atoms with Gasteiger partial charge in [0.25, 0.3) is 5.91 Å². The van der Waals surface area contributed by atoms with Crippen molar-refractivity contribution in [1.29, 1.82) is 0 Å². The van der Waals surface area contributed by atoms with Crippen molar-refractivity contribution in [1.82, 2.24) is 19.9 Å². The first-order chi connectivity index (χ1) is 10.1. The summed E-state index contributed by atoms with van der Waals surface area (Å²) in [6, 6.07) is 9.58. The molecule has 6 heteroatoms. The maximum atomic E-state index is 12.5. The Hall–Kier alpha value is -2.21. The predicted octanol–water partition coefficient (Wildman–Crippen LogP) is 1.08. The van der Waals surface area contributed by atoms with E-state index in [-0.39, 0.29) is 11.9 Å². The Bertz CT molecular complexity index is 614. The number of amides is 1. The van der Waals surface area contributed by atoms with Crippen LogP contribution in [0.3, 0.4) is 0 Å². The van der Waals surface area contributed by atoms with Crippen LogP contribution in [0.1, 0.15) is 23.8 Å². The monoisotopic (exact) mass is 285 g/mol. The van der Waals surface area contributed by atoms with Crippen LogP contribution in [0.4, 0.5) is 0 Å². The minimum Gasteiger partial charge on any atom is -0.335 e. The highest BCUT2D eigenvalue weighted by molar-refractivity contribution is 5.92. The number of aromatic nitrogens is 3. The van der Waals surface area contributed by atoms with Crippen LogP contribution in [-0.2, 0) is 0 Å². The maximum Gasteiger partial charge on any atom is 0.276 e. The average Bonchev–Trinajstić information content (AvgIpc) is 2.96. The highest BCUT2D eigenvalue weighted by Gasteiger charge is 2.27. The molecule has 0 radical (unpaired) electrons. The Morgan fingerprint density at radius 1 is 1.29 bits per heavy atom. The number of likely N-dealkylation sites (tertiary alicyclic amines) is 1. The first-order valence-corrected chi connectivity index (χ1v) is 7.16. The van der Waals surface area contributed by atoms with Crippen molar-refractivity contribution in [2.45, 2.75) is 19.4 Å². The Labute approximate surface area is 123 Å². The molecule has 1 aromatic heterocycles. The third kappa shape index (κ3) is 2.95. The zero-order chi connectivity index (χ0) is 14.8. The summed E-state index contributed by atoms with van der Waals surface area (Å²) in [7, 11) is 0. The number of piperidine rings is 1. The molecule has 0 saturated carbocycles. The van der Waals surface area contributed by atoms with Crippen LogP contribution in [0.15, 0.2) is 36.5 Å². The topological polar surface area (TPSA) is 77.0 Å². The van der Waals surface area contributed by atoms with Gasteiger partial charge in [-0.15, -0.1) is 5.10 Å². The Morgan fingerprint density at radius 3 is 2.76 bits per heavy atom. The molecule has 110 valence electrons. The van der Waals surface area contributed by atoms with Crippen molar-refractivity contribution < 1.29 is 4.79 Å². The molecule has 1 aromatic carbocycles. The number of nitrogens with two attached hydrogens (primary N) is 1. The van der Waals surface area contributed by atoms with Crippen LogP contribution in [-0.4, -0.2) is 44.9 Å². The molecule has 2 aromatic rings. The Balaban J connectivity index is 1.78. The maximum absolute atomic E-state index is 12.5. The number of carbonyl (C=O) groups is 1. The fraction of sp³-hybridized carbons (Fsp3) is 0.400. The van der Waals surface area contributed by atoms with Crippen LogP contribution in [0.2, 0.25) is 0 Å². The van der Waals surface area contributed by atoms with Crippen LogP contribution in [0.25, 0.3) is 5.69 Å². The van der Waals surface area contributed by atoms with Crippen molar-refractivity contribution >= 4 is 5.91 Å². The summed E-state index contributed by atoms with van der Waals surface area (Å²) in [6.45, 7) is 3.42. The lowest BCUT2D eigenvalue weighted by Crippen LogP contribution is -2.48. The normalized spacial score (nSPS) is 22.3. The van der Waals surface area contributed by atoms with Gasteiger partial charge in [0, 0.05) is 19.1 Å². The van der Waals surface area contributed by atoms with Gasteiger partial charge in [-0.2, -0.15) is 9.90 Å². The van der Waals surface area contributed by atoms with Crippen molar-refractivity contribution in [3.8, 4) is 5.69 Å². The zero-order valence-electron chi connectivity index (χ0n) is 12.0. The minimum atomic E-state index is -0.0980. The van der Waals surface area contributed by atoms with E-state index in [4.69, 9.17) is 5.73 Å². The first kappa shape index (κ1) is 13.8. The van der Waals surface area contributed by atoms with Crippen molar-refractivity contribution in [3.05, 3.63) is 42.2 Å². The SMILES string of the molecule is CC1CC(N)CN(C(=O)c2cnn(-c3ccccc3)n2)C1. The highest BCUT2D eigenvalue weighted by atomic mass is 16.2. The van der Waals surface area contributed by atoms with E-state index >= 15 is 0 Å². The Morgan fingerprint density at radius 2 is 2.05 bits per heavy atom. The summed E-state index contributed by atoms with van der Waals surface area (Å²) in [4.78, 5) is 15.7. The lowest BCUT2D eigenvalue weighted by Gasteiger charge is -2.34. The number of carbonyl (C=O) groups excluding carboxylic acids is 1. The molecule has 2 atom stereocenters. The first-order valence-electron chi connectivity index (χ1n) is 7.16. The quantitative estimate of drug-likeness (QED) is 0.895. The lowest BCUT2D eigenvalue weighted by atomic mass is 9.96. The van der Waals surface area contributed by atoms with Gasteiger partial charge < -0.3 is 10.6 Å². The molecular weight excluding hydrogens is 266 g/mol. The van der Waals surface area contributed by atoms with Gasteiger partial charge in [0.2, 0.25) is 0 Å². The van der Waals surface area contributed by atoms with Crippen LogP contribution in [0.5, 0.6) is 0 Å². The van der Waals surface area contributed by atoms with Gasteiger partial charge in [-0.05, 0) is 24.5 Å². The summed E-state index contributed by atoms with van der Waals surface area (Å²) in [5, 5.41) is 8.45. The van der Waals surface area contributed by atoms with Gasteiger partial charge in [-0.25, -0.2) is 0 Å². The van der Waals surface area contributed by atoms with E-state index < -0.39 is 0 Å². The highest BCUT2D eigenvalue weighted by Crippen LogP contribution is 2.17. The Kier molecular flexibility index (Phi) is 3.70. The molecule has 2 unspecified atom stereocenters. The van der Waals surface area contributed by atoms with E-state index in [1.807, 2.05) is 30.3 Å². The fourth-order valence-corrected chi connectivity index (χ4v) is 2.77. The molecule has 1 aliphatic heterocycles. The van der Waals surface area contributed by atoms with Gasteiger partial charge in [-0.3, -0.25) is 4.79 Å². The second-order valence-corrected chi connectivity index (χ2v) is 5.67. The molecule has 21 heavy (non-hydrogen) atoms. The number of benzene rings is 1. The summed E-state index contributed by atoms with van der Waals surface area (Å²) in [5.41, 5.74) is 7.19. The molecule has 0 bridgehead atoms. The number of para-hydroxylation sites is 1. The third-order valence-electron chi connectivity index (χ3n) is 3.68. The third-order valence-corrected chi connectivity index (χ3v) is 3.68. The van der Waals surface area contributed by atoms with Gasteiger partial charge >= 0.3 is 0 Å². The van der Waals surface area contributed by atoms with Gasteiger partial charge in [0.15, 0.2) is 5.69 Å². The minimum absolute atomic E-state index is 0.0434. The number of nitrogens with zero attached hydrogens (tertiary/aromatic N) is 4. The second-order valence-electron chi connectivity index (χ2n) is 5.67. The standard InChI is InChI=1S/C15H19N5O/c1-11-7-12(16)10-19(9-11)15(21)14-8-17-20(18-14)13-5-3-2-4-6-13/h2-6,8,11-12H,7,9-10,16H2,1H3. The molecular formula is C15H19N5O.